The zero-order valence-electron chi connectivity index (χ0n) is 7.37. The summed E-state index contributed by atoms with van der Waals surface area (Å²) >= 11 is 5.74. The number of rotatable bonds is 1. The van der Waals surface area contributed by atoms with E-state index in [1.807, 2.05) is 0 Å². The molecule has 0 amide bonds. The number of carboxylic acid groups (broad SMARTS) is 1. The van der Waals surface area contributed by atoms with E-state index in [9.17, 15) is 9.18 Å². The Morgan fingerprint density at radius 3 is 2.80 bits per heavy atom. The molecule has 2 rings (SSSR count). The Hall–Kier alpha value is -1.68. The van der Waals surface area contributed by atoms with Gasteiger partial charge in [-0.05, 0) is 23.6 Å². The third kappa shape index (κ3) is 1.76. The molecule has 0 saturated heterocycles. The summed E-state index contributed by atoms with van der Waals surface area (Å²) in [6, 6.07) is 5.27. The molecule has 0 radical (unpaired) electrons. The third-order valence-corrected chi connectivity index (χ3v) is 2.26. The zero-order chi connectivity index (χ0) is 11.0. The van der Waals surface area contributed by atoms with Crippen LogP contribution >= 0.6 is 11.6 Å². The number of hydrogen-bond donors (Lipinski definition) is 1. The van der Waals surface area contributed by atoms with Crippen LogP contribution in [-0.4, -0.2) is 16.1 Å². The van der Waals surface area contributed by atoms with Crippen molar-refractivity contribution in [3.05, 3.63) is 40.9 Å². The van der Waals surface area contributed by atoms with Gasteiger partial charge in [-0.25, -0.2) is 14.2 Å². The molecule has 0 aliphatic rings. The highest BCUT2D eigenvalue weighted by molar-refractivity contribution is 6.34. The molecule has 15 heavy (non-hydrogen) atoms. The average molecular weight is 226 g/mol. The second-order valence-electron chi connectivity index (χ2n) is 2.97. The Morgan fingerprint density at radius 2 is 2.13 bits per heavy atom. The quantitative estimate of drug-likeness (QED) is 0.760. The lowest BCUT2D eigenvalue weighted by Gasteiger charge is -2.01. The number of carbonyl (C=O) groups is 1. The van der Waals surface area contributed by atoms with Crippen molar-refractivity contribution in [2.24, 2.45) is 0 Å². The van der Waals surface area contributed by atoms with E-state index in [4.69, 9.17) is 16.7 Å². The lowest BCUT2D eigenvalue weighted by Crippen LogP contribution is -2.00. The van der Waals surface area contributed by atoms with Crippen molar-refractivity contribution >= 4 is 28.3 Å². The van der Waals surface area contributed by atoms with Crippen LogP contribution in [0.5, 0.6) is 0 Å². The van der Waals surface area contributed by atoms with Gasteiger partial charge >= 0.3 is 5.97 Å². The van der Waals surface area contributed by atoms with Gasteiger partial charge < -0.3 is 5.11 Å². The SMILES string of the molecule is O=C(O)c1cc2ccc(F)cc2c(Cl)n1. The maximum absolute atomic E-state index is 12.9. The lowest BCUT2D eigenvalue weighted by atomic mass is 10.1. The topological polar surface area (TPSA) is 50.2 Å². The Balaban J connectivity index is 2.78. The van der Waals surface area contributed by atoms with Crippen LogP contribution in [-0.2, 0) is 0 Å². The standard InChI is InChI=1S/C10H5ClFNO2/c11-9-7-4-6(12)2-1-5(7)3-8(13-9)10(14)15/h1-4H,(H,14,15). The van der Waals surface area contributed by atoms with Gasteiger partial charge in [0.25, 0.3) is 0 Å². The van der Waals surface area contributed by atoms with Gasteiger partial charge in [0.15, 0.2) is 5.69 Å². The van der Waals surface area contributed by atoms with Gasteiger partial charge in [0, 0.05) is 5.39 Å². The monoisotopic (exact) mass is 225 g/mol. The fourth-order valence-corrected chi connectivity index (χ4v) is 1.54. The van der Waals surface area contributed by atoms with E-state index >= 15 is 0 Å². The molecule has 3 nitrogen and oxygen atoms in total. The molecule has 0 atom stereocenters. The number of pyridine rings is 1. The molecule has 0 fully saturated rings. The summed E-state index contributed by atoms with van der Waals surface area (Å²) in [5.41, 5.74) is -0.154. The van der Waals surface area contributed by atoms with Crippen LogP contribution < -0.4 is 0 Å². The van der Waals surface area contributed by atoms with Gasteiger partial charge in [-0.1, -0.05) is 17.7 Å². The molecular formula is C10H5ClFNO2. The Labute approximate surface area is 89.1 Å². The molecule has 76 valence electrons. The largest absolute Gasteiger partial charge is 0.477 e. The van der Waals surface area contributed by atoms with Crippen LogP contribution in [0.25, 0.3) is 10.8 Å². The summed E-state index contributed by atoms with van der Waals surface area (Å²) < 4.78 is 12.9. The smallest absolute Gasteiger partial charge is 0.354 e. The van der Waals surface area contributed by atoms with Crippen LogP contribution in [0.2, 0.25) is 5.15 Å². The number of hydrogen-bond acceptors (Lipinski definition) is 2. The van der Waals surface area contributed by atoms with Crippen molar-refractivity contribution in [1.82, 2.24) is 4.98 Å². The Kier molecular flexibility index (Phi) is 2.28. The first-order valence-corrected chi connectivity index (χ1v) is 4.45. The van der Waals surface area contributed by atoms with Crippen molar-refractivity contribution < 1.29 is 14.3 Å². The maximum Gasteiger partial charge on any atom is 0.354 e. The van der Waals surface area contributed by atoms with Crippen molar-refractivity contribution in [1.29, 1.82) is 0 Å². The number of aromatic carboxylic acids is 1. The van der Waals surface area contributed by atoms with E-state index in [0.717, 1.165) is 0 Å². The summed E-state index contributed by atoms with van der Waals surface area (Å²) in [5.74, 6) is -1.60. The Morgan fingerprint density at radius 1 is 1.40 bits per heavy atom. The molecule has 1 aromatic carbocycles. The van der Waals surface area contributed by atoms with E-state index in [1.54, 1.807) is 0 Å². The van der Waals surface area contributed by atoms with E-state index in [-0.39, 0.29) is 10.8 Å². The molecule has 1 aromatic heterocycles. The average Bonchev–Trinajstić information content (AvgIpc) is 2.18. The fourth-order valence-electron chi connectivity index (χ4n) is 1.29. The van der Waals surface area contributed by atoms with E-state index in [0.29, 0.717) is 10.8 Å². The number of fused-ring (bicyclic) bond motifs is 1. The number of carboxylic acids is 1. The summed E-state index contributed by atoms with van der Waals surface area (Å²) in [4.78, 5) is 14.3. The normalized spacial score (nSPS) is 10.5. The van der Waals surface area contributed by atoms with Crippen LogP contribution in [0.3, 0.4) is 0 Å². The fraction of sp³-hybridized carbons (Fsp3) is 0. The van der Waals surface area contributed by atoms with Gasteiger partial charge in [0.2, 0.25) is 0 Å². The van der Waals surface area contributed by atoms with Crippen molar-refractivity contribution in [3.63, 3.8) is 0 Å². The highest BCUT2D eigenvalue weighted by atomic mass is 35.5. The predicted octanol–water partition coefficient (Wildman–Crippen LogP) is 2.73. The first-order chi connectivity index (χ1) is 7.08. The van der Waals surface area contributed by atoms with E-state index in [2.05, 4.69) is 4.98 Å². The summed E-state index contributed by atoms with van der Waals surface area (Å²) in [6.45, 7) is 0. The van der Waals surface area contributed by atoms with Crippen LogP contribution in [0.1, 0.15) is 10.5 Å². The highest BCUT2D eigenvalue weighted by Gasteiger charge is 2.09. The maximum atomic E-state index is 12.9. The van der Waals surface area contributed by atoms with E-state index in [1.165, 1.54) is 24.3 Å². The van der Waals surface area contributed by atoms with Gasteiger partial charge in [-0.3, -0.25) is 0 Å². The molecule has 0 aliphatic heterocycles. The van der Waals surface area contributed by atoms with Gasteiger partial charge in [0.1, 0.15) is 11.0 Å². The number of aromatic nitrogens is 1. The number of benzene rings is 1. The van der Waals surface area contributed by atoms with Gasteiger partial charge in [0.05, 0.1) is 0 Å². The molecule has 0 saturated carbocycles. The van der Waals surface area contributed by atoms with Crippen molar-refractivity contribution in [2.45, 2.75) is 0 Å². The summed E-state index contributed by atoms with van der Waals surface area (Å²) in [7, 11) is 0. The zero-order valence-corrected chi connectivity index (χ0v) is 8.12. The summed E-state index contributed by atoms with van der Waals surface area (Å²) in [5, 5.41) is 9.67. The number of nitrogens with zero attached hydrogens (tertiary/aromatic N) is 1. The minimum Gasteiger partial charge on any atom is -0.477 e. The van der Waals surface area contributed by atoms with E-state index < -0.39 is 11.8 Å². The molecule has 0 unspecified atom stereocenters. The van der Waals surface area contributed by atoms with Gasteiger partial charge in [-0.2, -0.15) is 0 Å². The molecule has 0 aliphatic carbocycles. The molecule has 0 bridgehead atoms. The second kappa shape index (κ2) is 3.47. The van der Waals surface area contributed by atoms with Crippen molar-refractivity contribution in [2.75, 3.05) is 0 Å². The predicted molar refractivity (Wildman–Crippen MR) is 53.7 cm³/mol. The third-order valence-electron chi connectivity index (χ3n) is 1.97. The highest BCUT2D eigenvalue weighted by Crippen LogP contribution is 2.23. The lowest BCUT2D eigenvalue weighted by molar-refractivity contribution is 0.0690. The molecule has 1 heterocycles. The van der Waals surface area contributed by atoms with Gasteiger partial charge in [-0.15, -0.1) is 0 Å². The molecule has 1 N–H and O–H groups in total. The molecular weight excluding hydrogens is 221 g/mol. The summed E-state index contributed by atoms with van der Waals surface area (Å²) in [6.07, 6.45) is 0. The minimum absolute atomic E-state index is 0.00981. The second-order valence-corrected chi connectivity index (χ2v) is 3.33. The number of halogens is 2. The first-order valence-electron chi connectivity index (χ1n) is 4.07. The molecule has 0 spiro atoms. The molecule has 2 aromatic rings. The Bertz CT molecular complexity index is 556. The molecule has 5 heteroatoms. The van der Waals surface area contributed by atoms with Crippen molar-refractivity contribution in [3.8, 4) is 0 Å². The van der Waals surface area contributed by atoms with Crippen LogP contribution in [0.4, 0.5) is 4.39 Å². The minimum atomic E-state index is -1.16. The first kappa shape index (κ1) is 9.86. The van der Waals surface area contributed by atoms with Crippen LogP contribution in [0, 0.1) is 5.82 Å². The van der Waals surface area contributed by atoms with Crippen LogP contribution in [0.15, 0.2) is 24.3 Å².